The number of carbonyl (C=O) groups is 1. The molecule has 0 bridgehead atoms. The van der Waals surface area contributed by atoms with E-state index in [9.17, 15) is 18.7 Å². The van der Waals surface area contributed by atoms with Crippen LogP contribution in [0.2, 0.25) is 0 Å². The van der Waals surface area contributed by atoms with Gasteiger partial charge in [0.2, 0.25) is 6.43 Å². The van der Waals surface area contributed by atoms with Crippen molar-refractivity contribution in [3.63, 3.8) is 0 Å². The van der Waals surface area contributed by atoms with E-state index in [-0.39, 0.29) is 11.5 Å². The highest BCUT2D eigenvalue weighted by Crippen LogP contribution is 2.30. The molecule has 0 aliphatic heterocycles. The molecule has 0 unspecified atom stereocenters. The van der Waals surface area contributed by atoms with Crippen LogP contribution in [0.4, 0.5) is 8.78 Å². The molecule has 1 atom stereocenters. The van der Waals surface area contributed by atoms with Crippen LogP contribution in [0, 0.1) is 0 Å². The van der Waals surface area contributed by atoms with Crippen molar-refractivity contribution in [1.29, 1.82) is 0 Å². The monoisotopic (exact) mass is 245 g/mol. The Bertz CT molecular complexity index is 410. The molecule has 1 aromatic carbocycles. The molecule has 0 spiro atoms. The van der Waals surface area contributed by atoms with Gasteiger partial charge in [-0.3, -0.25) is 4.79 Å². The van der Waals surface area contributed by atoms with Gasteiger partial charge in [-0.1, -0.05) is 6.07 Å². The number of esters is 1. The van der Waals surface area contributed by atoms with Gasteiger partial charge in [0.1, 0.15) is 0 Å². The van der Waals surface area contributed by atoms with Gasteiger partial charge in [-0.25, -0.2) is 8.78 Å². The quantitative estimate of drug-likeness (QED) is 0.628. The number of carbonyl (C=O) groups excluding carboxylic acids is 1. The van der Waals surface area contributed by atoms with Crippen molar-refractivity contribution in [2.75, 3.05) is 0 Å². The number of phenols is 1. The molecule has 0 amide bonds. The molecule has 0 aliphatic rings. The van der Waals surface area contributed by atoms with E-state index in [2.05, 4.69) is 4.74 Å². The predicted octanol–water partition coefficient (Wildman–Crippen LogP) is 1.97. The largest absolute Gasteiger partial charge is 0.504 e. The molecule has 0 radical (unpaired) electrons. The fourth-order valence-electron chi connectivity index (χ4n) is 1.33. The number of benzene rings is 1. The Morgan fingerprint density at radius 2 is 2.18 bits per heavy atom. The molecule has 94 valence electrons. The van der Waals surface area contributed by atoms with Gasteiger partial charge in [0.05, 0.1) is 0 Å². The predicted molar refractivity (Wildman–Crippen MR) is 57.0 cm³/mol. The number of ether oxygens (including phenoxy) is 1. The molecule has 6 heteroatoms. The second-order valence-electron chi connectivity index (χ2n) is 3.55. The van der Waals surface area contributed by atoms with Crippen LogP contribution >= 0.6 is 0 Å². The lowest BCUT2D eigenvalue weighted by Crippen LogP contribution is -2.14. The van der Waals surface area contributed by atoms with Crippen LogP contribution in [0.1, 0.15) is 24.9 Å². The number of alkyl halides is 2. The maximum Gasteiger partial charge on any atom is 0.308 e. The van der Waals surface area contributed by atoms with E-state index in [4.69, 9.17) is 5.73 Å². The van der Waals surface area contributed by atoms with Crippen LogP contribution in [0.15, 0.2) is 18.2 Å². The van der Waals surface area contributed by atoms with Gasteiger partial charge in [-0.05, 0) is 17.7 Å². The highest BCUT2D eigenvalue weighted by molar-refractivity contribution is 5.70. The summed E-state index contributed by atoms with van der Waals surface area (Å²) < 4.78 is 28.9. The fraction of sp³-hybridized carbons (Fsp3) is 0.364. The first-order valence-corrected chi connectivity index (χ1v) is 4.95. The van der Waals surface area contributed by atoms with Crippen molar-refractivity contribution in [2.24, 2.45) is 5.73 Å². The Morgan fingerprint density at radius 1 is 1.53 bits per heavy atom. The minimum atomic E-state index is -2.51. The number of hydrogen-bond acceptors (Lipinski definition) is 4. The number of rotatable bonds is 4. The number of nitrogens with two attached hydrogens (primary N) is 1. The third kappa shape index (κ3) is 3.99. The number of phenolic OH excluding ortho intramolecular Hbond substituents is 1. The zero-order valence-electron chi connectivity index (χ0n) is 9.19. The van der Waals surface area contributed by atoms with Gasteiger partial charge < -0.3 is 15.6 Å². The number of aromatic hydroxyl groups is 1. The average Bonchev–Trinajstić information content (AvgIpc) is 2.19. The normalized spacial score (nSPS) is 12.5. The van der Waals surface area contributed by atoms with Crippen molar-refractivity contribution >= 4 is 5.97 Å². The second kappa shape index (κ2) is 5.58. The van der Waals surface area contributed by atoms with E-state index in [1.807, 2.05) is 0 Å². The highest BCUT2D eigenvalue weighted by atomic mass is 19.3. The SMILES string of the molecule is CC(=O)Oc1ccc([C@H](N)CC(F)F)cc1O. The van der Waals surface area contributed by atoms with Crippen molar-refractivity contribution < 1.29 is 23.4 Å². The van der Waals surface area contributed by atoms with Crippen LogP contribution in [0.25, 0.3) is 0 Å². The minimum absolute atomic E-state index is 0.0227. The standard InChI is InChI=1S/C11H13F2NO3/c1-6(15)17-10-3-2-7(4-9(10)16)8(14)5-11(12)13/h2-4,8,11,16H,5,14H2,1H3/t8-/m1/s1. The summed E-state index contributed by atoms with van der Waals surface area (Å²) in [7, 11) is 0. The molecular formula is C11H13F2NO3. The van der Waals surface area contributed by atoms with Crippen molar-refractivity contribution in [1.82, 2.24) is 0 Å². The van der Waals surface area contributed by atoms with E-state index < -0.39 is 24.9 Å². The lowest BCUT2D eigenvalue weighted by atomic mass is 10.0. The van der Waals surface area contributed by atoms with Gasteiger partial charge in [0.15, 0.2) is 11.5 Å². The molecule has 1 aromatic rings. The Morgan fingerprint density at radius 3 is 2.65 bits per heavy atom. The molecular weight excluding hydrogens is 232 g/mol. The average molecular weight is 245 g/mol. The van der Waals surface area contributed by atoms with E-state index in [0.29, 0.717) is 5.56 Å². The van der Waals surface area contributed by atoms with E-state index in [1.54, 1.807) is 0 Å². The molecule has 0 aliphatic carbocycles. The summed E-state index contributed by atoms with van der Waals surface area (Å²) in [5.74, 6) is -0.905. The lowest BCUT2D eigenvalue weighted by molar-refractivity contribution is -0.132. The summed E-state index contributed by atoms with van der Waals surface area (Å²) in [6.07, 6.45) is -3.01. The molecule has 0 fully saturated rings. The molecule has 0 saturated carbocycles. The molecule has 17 heavy (non-hydrogen) atoms. The van der Waals surface area contributed by atoms with E-state index >= 15 is 0 Å². The van der Waals surface area contributed by atoms with Crippen molar-refractivity contribution in [3.05, 3.63) is 23.8 Å². The third-order valence-electron chi connectivity index (χ3n) is 2.10. The maximum absolute atomic E-state index is 12.1. The van der Waals surface area contributed by atoms with Gasteiger partial charge in [-0.2, -0.15) is 0 Å². The van der Waals surface area contributed by atoms with Crippen LogP contribution in [0.3, 0.4) is 0 Å². The van der Waals surface area contributed by atoms with Gasteiger partial charge in [0, 0.05) is 19.4 Å². The van der Waals surface area contributed by atoms with Gasteiger partial charge in [0.25, 0.3) is 0 Å². The van der Waals surface area contributed by atoms with Gasteiger partial charge in [-0.15, -0.1) is 0 Å². The van der Waals surface area contributed by atoms with Crippen LogP contribution in [-0.4, -0.2) is 17.5 Å². The topological polar surface area (TPSA) is 72.5 Å². The van der Waals surface area contributed by atoms with E-state index in [0.717, 1.165) is 0 Å². The van der Waals surface area contributed by atoms with Crippen LogP contribution < -0.4 is 10.5 Å². The van der Waals surface area contributed by atoms with Crippen molar-refractivity contribution in [2.45, 2.75) is 25.8 Å². The smallest absolute Gasteiger partial charge is 0.308 e. The highest BCUT2D eigenvalue weighted by Gasteiger charge is 2.15. The lowest BCUT2D eigenvalue weighted by Gasteiger charge is -2.13. The summed E-state index contributed by atoms with van der Waals surface area (Å²) in [5, 5.41) is 9.50. The fourth-order valence-corrected chi connectivity index (χ4v) is 1.33. The summed E-state index contributed by atoms with van der Waals surface area (Å²) in [6.45, 7) is 1.19. The van der Waals surface area contributed by atoms with Gasteiger partial charge >= 0.3 is 5.97 Å². The first-order valence-electron chi connectivity index (χ1n) is 4.95. The zero-order chi connectivity index (χ0) is 13.0. The molecule has 0 aromatic heterocycles. The Hall–Kier alpha value is -1.69. The third-order valence-corrected chi connectivity index (χ3v) is 2.10. The van der Waals surface area contributed by atoms with Crippen molar-refractivity contribution in [3.8, 4) is 11.5 Å². The Kier molecular flexibility index (Phi) is 4.39. The molecule has 0 saturated heterocycles. The van der Waals surface area contributed by atoms with Crippen LogP contribution in [-0.2, 0) is 4.79 Å². The summed E-state index contributed by atoms with van der Waals surface area (Å²) in [4.78, 5) is 10.7. The number of halogens is 2. The Balaban J connectivity index is 2.84. The molecule has 4 nitrogen and oxygen atoms in total. The first kappa shape index (κ1) is 13.4. The maximum atomic E-state index is 12.1. The zero-order valence-corrected chi connectivity index (χ0v) is 9.19. The number of hydrogen-bond donors (Lipinski definition) is 2. The second-order valence-corrected chi connectivity index (χ2v) is 3.55. The Labute approximate surface area is 97.0 Å². The summed E-state index contributed by atoms with van der Waals surface area (Å²) >= 11 is 0. The summed E-state index contributed by atoms with van der Waals surface area (Å²) in [6, 6.07) is 3.10. The molecule has 1 rings (SSSR count). The van der Waals surface area contributed by atoms with Crippen LogP contribution in [0.5, 0.6) is 11.5 Å². The summed E-state index contributed by atoms with van der Waals surface area (Å²) in [5.41, 5.74) is 5.88. The minimum Gasteiger partial charge on any atom is -0.504 e. The first-order chi connectivity index (χ1) is 7.90. The molecule has 3 N–H and O–H groups in total. The molecule has 0 heterocycles. The van der Waals surface area contributed by atoms with E-state index in [1.165, 1.54) is 25.1 Å².